The van der Waals surface area contributed by atoms with Gasteiger partial charge in [-0.05, 0) is 18.4 Å². The molecule has 16 heavy (non-hydrogen) atoms. The van der Waals surface area contributed by atoms with Gasteiger partial charge in [0.15, 0.2) is 0 Å². The molecule has 3 heteroatoms. The summed E-state index contributed by atoms with van der Waals surface area (Å²) in [4.78, 5) is 2.26. The first-order valence-electron chi connectivity index (χ1n) is 6.13. The average Bonchev–Trinajstić information content (AvgIpc) is 2.29. The highest BCUT2D eigenvalue weighted by Crippen LogP contribution is 2.23. The van der Waals surface area contributed by atoms with Gasteiger partial charge in [0.25, 0.3) is 0 Å². The van der Waals surface area contributed by atoms with Crippen molar-refractivity contribution < 1.29 is 0 Å². The van der Waals surface area contributed by atoms with E-state index >= 15 is 0 Å². The van der Waals surface area contributed by atoms with Crippen LogP contribution in [0.1, 0.15) is 39.5 Å². The molecule has 0 saturated heterocycles. The smallest absolute Gasteiger partial charge is 0.0583 e. The number of nitrogens with zero attached hydrogens (tertiary/aromatic N) is 1. The molecule has 1 rings (SSSR count). The number of halogens is 2. The molecule has 1 nitrogen and oxygen atoms in total. The van der Waals surface area contributed by atoms with Crippen molar-refractivity contribution in [1.82, 2.24) is 4.90 Å². The van der Waals surface area contributed by atoms with Crippen LogP contribution < -0.4 is 0 Å². The first-order valence-corrected chi connectivity index (χ1v) is 6.89. The van der Waals surface area contributed by atoms with Gasteiger partial charge >= 0.3 is 0 Å². The van der Waals surface area contributed by atoms with Gasteiger partial charge in [-0.1, -0.05) is 56.3 Å². The molecule has 0 aromatic rings. The van der Waals surface area contributed by atoms with E-state index in [0.717, 1.165) is 24.0 Å². The fourth-order valence-electron chi connectivity index (χ4n) is 1.94. The Morgan fingerprint density at radius 3 is 2.69 bits per heavy atom. The Morgan fingerprint density at radius 1 is 1.38 bits per heavy atom. The minimum atomic E-state index is 0.680. The summed E-state index contributed by atoms with van der Waals surface area (Å²) in [5, 5.41) is 1.44. The van der Waals surface area contributed by atoms with E-state index in [0.29, 0.717) is 5.03 Å². The summed E-state index contributed by atoms with van der Waals surface area (Å²) >= 11 is 12.0. The number of unbranched alkanes of at least 4 members (excludes halogenated alkanes) is 1. The van der Waals surface area contributed by atoms with Gasteiger partial charge in [-0.15, -0.1) is 0 Å². The molecule has 1 heterocycles. The molecule has 0 amide bonds. The SMILES string of the molecule is CCCCC(CC)CN1C=CC(Cl)=C(Cl)C1. The third-order valence-corrected chi connectivity index (χ3v) is 3.84. The summed E-state index contributed by atoms with van der Waals surface area (Å²) in [6.45, 7) is 6.36. The lowest BCUT2D eigenvalue weighted by atomic mass is 9.98. The Bertz CT molecular complexity index is 271. The molecule has 0 fully saturated rings. The standard InChI is InChI=1S/C13H21Cl2N/c1-3-5-6-11(4-2)9-16-8-7-12(14)13(15)10-16/h7-8,11H,3-6,9-10H2,1-2H3. The molecule has 1 atom stereocenters. The quantitative estimate of drug-likeness (QED) is 0.669. The second kappa shape index (κ2) is 7.24. The summed E-state index contributed by atoms with van der Waals surface area (Å²) in [6.07, 6.45) is 9.09. The Labute approximate surface area is 109 Å². The molecular weight excluding hydrogens is 241 g/mol. The molecule has 1 unspecified atom stereocenters. The monoisotopic (exact) mass is 261 g/mol. The van der Waals surface area contributed by atoms with Crippen molar-refractivity contribution in [3.05, 3.63) is 22.3 Å². The zero-order chi connectivity index (χ0) is 12.0. The van der Waals surface area contributed by atoms with Crippen LogP contribution >= 0.6 is 23.2 Å². The summed E-state index contributed by atoms with van der Waals surface area (Å²) in [6, 6.07) is 0. The van der Waals surface area contributed by atoms with Gasteiger partial charge in [0.05, 0.1) is 16.6 Å². The number of hydrogen-bond acceptors (Lipinski definition) is 1. The minimum Gasteiger partial charge on any atom is -0.372 e. The minimum absolute atomic E-state index is 0.680. The summed E-state index contributed by atoms with van der Waals surface area (Å²) in [5.74, 6) is 0.769. The van der Waals surface area contributed by atoms with E-state index in [1.807, 2.05) is 6.08 Å². The molecule has 0 aromatic heterocycles. The fraction of sp³-hybridized carbons (Fsp3) is 0.692. The van der Waals surface area contributed by atoms with Gasteiger partial charge in [0, 0.05) is 12.7 Å². The molecule has 0 aliphatic carbocycles. The summed E-state index contributed by atoms with van der Waals surface area (Å²) in [5.41, 5.74) is 0. The number of rotatable bonds is 6. The second-order valence-corrected chi connectivity index (χ2v) is 5.28. The van der Waals surface area contributed by atoms with Gasteiger partial charge in [0.2, 0.25) is 0 Å². The molecule has 0 bridgehead atoms. The first kappa shape index (κ1) is 13.9. The van der Waals surface area contributed by atoms with E-state index in [4.69, 9.17) is 23.2 Å². The highest BCUT2D eigenvalue weighted by Gasteiger charge is 2.14. The molecule has 0 saturated carbocycles. The van der Waals surface area contributed by atoms with Crippen molar-refractivity contribution in [1.29, 1.82) is 0 Å². The second-order valence-electron chi connectivity index (χ2n) is 4.41. The molecular formula is C13H21Cl2N. The predicted molar refractivity (Wildman–Crippen MR) is 72.8 cm³/mol. The van der Waals surface area contributed by atoms with Gasteiger partial charge in [0.1, 0.15) is 0 Å². The van der Waals surface area contributed by atoms with Gasteiger partial charge in [-0.3, -0.25) is 0 Å². The van der Waals surface area contributed by atoms with E-state index in [1.165, 1.54) is 25.7 Å². The molecule has 0 radical (unpaired) electrons. The van der Waals surface area contributed by atoms with E-state index in [1.54, 1.807) is 0 Å². The van der Waals surface area contributed by atoms with Crippen LogP contribution in [0.4, 0.5) is 0 Å². The van der Waals surface area contributed by atoms with Crippen LogP contribution in [-0.4, -0.2) is 18.0 Å². The maximum atomic E-state index is 6.05. The van der Waals surface area contributed by atoms with E-state index < -0.39 is 0 Å². The van der Waals surface area contributed by atoms with E-state index in [-0.39, 0.29) is 0 Å². The van der Waals surface area contributed by atoms with E-state index in [9.17, 15) is 0 Å². The van der Waals surface area contributed by atoms with Gasteiger partial charge in [-0.2, -0.15) is 0 Å². The topological polar surface area (TPSA) is 3.24 Å². The van der Waals surface area contributed by atoms with Gasteiger partial charge < -0.3 is 4.90 Å². The lowest BCUT2D eigenvalue weighted by molar-refractivity contribution is 0.302. The van der Waals surface area contributed by atoms with Crippen molar-refractivity contribution in [3.8, 4) is 0 Å². The number of hydrogen-bond donors (Lipinski definition) is 0. The third-order valence-electron chi connectivity index (χ3n) is 3.07. The van der Waals surface area contributed by atoms with Crippen LogP contribution in [0.2, 0.25) is 0 Å². The van der Waals surface area contributed by atoms with Crippen molar-refractivity contribution in [2.75, 3.05) is 13.1 Å². The Morgan fingerprint density at radius 2 is 2.12 bits per heavy atom. The Kier molecular flexibility index (Phi) is 6.30. The summed E-state index contributed by atoms with van der Waals surface area (Å²) in [7, 11) is 0. The summed E-state index contributed by atoms with van der Waals surface area (Å²) < 4.78 is 0. The van der Waals surface area contributed by atoms with E-state index in [2.05, 4.69) is 24.9 Å². The molecule has 0 spiro atoms. The normalized spacial score (nSPS) is 18.1. The predicted octanol–water partition coefficient (Wildman–Crippen LogP) is 4.72. The first-order chi connectivity index (χ1) is 7.67. The Balaban J connectivity index is 2.40. The van der Waals surface area contributed by atoms with Crippen LogP contribution in [0.3, 0.4) is 0 Å². The van der Waals surface area contributed by atoms with Crippen molar-refractivity contribution in [2.45, 2.75) is 39.5 Å². The van der Waals surface area contributed by atoms with Crippen molar-refractivity contribution >= 4 is 23.2 Å². The van der Waals surface area contributed by atoms with Crippen molar-refractivity contribution in [2.24, 2.45) is 5.92 Å². The van der Waals surface area contributed by atoms with Crippen LogP contribution in [0.5, 0.6) is 0 Å². The Hall–Kier alpha value is -0.140. The van der Waals surface area contributed by atoms with Crippen LogP contribution in [0, 0.1) is 5.92 Å². The lowest BCUT2D eigenvalue weighted by Gasteiger charge is -2.27. The highest BCUT2D eigenvalue weighted by molar-refractivity contribution is 6.40. The maximum Gasteiger partial charge on any atom is 0.0583 e. The van der Waals surface area contributed by atoms with Crippen LogP contribution in [0.25, 0.3) is 0 Å². The lowest BCUT2D eigenvalue weighted by Crippen LogP contribution is -2.27. The highest BCUT2D eigenvalue weighted by atomic mass is 35.5. The zero-order valence-electron chi connectivity index (χ0n) is 10.2. The number of allylic oxidation sites excluding steroid dienone is 2. The molecule has 1 aliphatic heterocycles. The zero-order valence-corrected chi connectivity index (χ0v) is 11.7. The average molecular weight is 262 g/mol. The maximum absolute atomic E-state index is 6.05. The fourth-order valence-corrected chi connectivity index (χ4v) is 2.27. The molecule has 1 aliphatic rings. The van der Waals surface area contributed by atoms with Crippen LogP contribution in [0.15, 0.2) is 22.3 Å². The molecule has 0 aromatic carbocycles. The van der Waals surface area contributed by atoms with Gasteiger partial charge in [-0.25, -0.2) is 0 Å². The van der Waals surface area contributed by atoms with Crippen LogP contribution in [-0.2, 0) is 0 Å². The largest absolute Gasteiger partial charge is 0.372 e. The van der Waals surface area contributed by atoms with Crippen molar-refractivity contribution in [3.63, 3.8) is 0 Å². The molecule has 92 valence electrons. The third kappa shape index (κ3) is 4.39. The molecule has 0 N–H and O–H groups in total.